The van der Waals surface area contributed by atoms with Gasteiger partial charge < -0.3 is 5.73 Å². The molecule has 1 aromatic carbocycles. The molecule has 2 N–H and O–H groups in total. The maximum absolute atomic E-state index is 5.89. The standard InChI is InChI=1S/C18H23N3/c1-14-11-15(12-19)13-21(14)18(16-7-3-2-4-8-16)17-9-5-6-10-20-17/h2-10,14-15,18H,11-13,19H2,1H3. The Kier molecular flexibility index (Phi) is 4.32. The van der Waals surface area contributed by atoms with Gasteiger partial charge in [0.05, 0.1) is 11.7 Å². The molecule has 3 nitrogen and oxygen atoms in total. The van der Waals surface area contributed by atoms with Crippen LogP contribution < -0.4 is 5.73 Å². The largest absolute Gasteiger partial charge is 0.330 e. The fraction of sp³-hybridized carbons (Fsp3) is 0.389. The van der Waals surface area contributed by atoms with Gasteiger partial charge in [-0.25, -0.2) is 0 Å². The lowest BCUT2D eigenvalue weighted by Gasteiger charge is -2.31. The highest BCUT2D eigenvalue weighted by atomic mass is 15.2. The van der Waals surface area contributed by atoms with Crippen LogP contribution >= 0.6 is 0 Å². The number of benzene rings is 1. The minimum Gasteiger partial charge on any atom is -0.330 e. The number of likely N-dealkylation sites (tertiary alicyclic amines) is 1. The molecular formula is C18H23N3. The van der Waals surface area contributed by atoms with Gasteiger partial charge in [-0.1, -0.05) is 36.4 Å². The van der Waals surface area contributed by atoms with E-state index in [-0.39, 0.29) is 6.04 Å². The lowest BCUT2D eigenvalue weighted by molar-refractivity contribution is 0.212. The third-order valence-corrected chi connectivity index (χ3v) is 4.46. The molecule has 3 heteroatoms. The molecule has 0 bridgehead atoms. The van der Waals surface area contributed by atoms with Crippen LogP contribution in [0.5, 0.6) is 0 Å². The molecular weight excluding hydrogens is 258 g/mol. The Bertz CT molecular complexity index is 516. The Hall–Kier alpha value is -1.71. The summed E-state index contributed by atoms with van der Waals surface area (Å²) in [6.07, 6.45) is 3.05. The highest BCUT2D eigenvalue weighted by molar-refractivity contribution is 5.28. The van der Waals surface area contributed by atoms with Crippen LogP contribution in [0.3, 0.4) is 0 Å². The van der Waals surface area contributed by atoms with Gasteiger partial charge >= 0.3 is 0 Å². The second-order valence-electron chi connectivity index (χ2n) is 5.95. The summed E-state index contributed by atoms with van der Waals surface area (Å²) in [5, 5.41) is 0. The summed E-state index contributed by atoms with van der Waals surface area (Å²) >= 11 is 0. The van der Waals surface area contributed by atoms with Gasteiger partial charge in [0.1, 0.15) is 0 Å². The van der Waals surface area contributed by atoms with E-state index >= 15 is 0 Å². The maximum atomic E-state index is 5.89. The van der Waals surface area contributed by atoms with Crippen molar-refractivity contribution in [2.24, 2.45) is 11.7 Å². The lowest BCUT2D eigenvalue weighted by atomic mass is 10.0. The fourth-order valence-electron chi connectivity index (χ4n) is 3.41. The summed E-state index contributed by atoms with van der Waals surface area (Å²) < 4.78 is 0. The molecule has 1 aliphatic heterocycles. The predicted molar refractivity (Wildman–Crippen MR) is 85.9 cm³/mol. The van der Waals surface area contributed by atoms with Crippen LogP contribution in [-0.4, -0.2) is 29.0 Å². The molecule has 110 valence electrons. The van der Waals surface area contributed by atoms with E-state index in [4.69, 9.17) is 5.73 Å². The Morgan fingerprint density at radius 1 is 1.19 bits per heavy atom. The number of hydrogen-bond acceptors (Lipinski definition) is 3. The first kappa shape index (κ1) is 14.2. The van der Waals surface area contributed by atoms with E-state index in [1.165, 1.54) is 12.0 Å². The summed E-state index contributed by atoms with van der Waals surface area (Å²) in [4.78, 5) is 7.16. The molecule has 0 radical (unpaired) electrons. The van der Waals surface area contributed by atoms with Crippen molar-refractivity contribution in [1.29, 1.82) is 0 Å². The zero-order chi connectivity index (χ0) is 14.7. The number of nitrogens with zero attached hydrogens (tertiary/aromatic N) is 2. The quantitative estimate of drug-likeness (QED) is 0.937. The van der Waals surface area contributed by atoms with Gasteiger partial charge in [0.15, 0.2) is 0 Å². The molecule has 0 spiro atoms. The number of hydrogen-bond donors (Lipinski definition) is 1. The molecule has 1 aromatic heterocycles. The predicted octanol–water partition coefficient (Wildman–Crippen LogP) is 2.84. The van der Waals surface area contributed by atoms with Crippen LogP contribution in [0.4, 0.5) is 0 Å². The SMILES string of the molecule is CC1CC(CN)CN1C(c1ccccc1)c1ccccn1. The molecule has 2 heterocycles. The van der Waals surface area contributed by atoms with Gasteiger partial charge in [-0.2, -0.15) is 0 Å². The summed E-state index contributed by atoms with van der Waals surface area (Å²) in [7, 11) is 0. The second kappa shape index (κ2) is 6.37. The molecule has 2 aromatic rings. The summed E-state index contributed by atoms with van der Waals surface area (Å²) in [6, 6.07) is 17.6. The number of aromatic nitrogens is 1. The van der Waals surface area contributed by atoms with Crippen molar-refractivity contribution < 1.29 is 0 Å². The summed E-state index contributed by atoms with van der Waals surface area (Å²) in [5.41, 5.74) is 8.32. The maximum Gasteiger partial charge on any atom is 0.0778 e. The van der Waals surface area contributed by atoms with Crippen molar-refractivity contribution in [3.63, 3.8) is 0 Å². The van der Waals surface area contributed by atoms with Gasteiger partial charge in [-0.15, -0.1) is 0 Å². The van der Waals surface area contributed by atoms with Gasteiger partial charge in [0.2, 0.25) is 0 Å². The molecule has 0 amide bonds. The summed E-state index contributed by atoms with van der Waals surface area (Å²) in [5.74, 6) is 0.593. The third kappa shape index (κ3) is 2.99. The van der Waals surface area contributed by atoms with E-state index in [9.17, 15) is 0 Å². The van der Waals surface area contributed by atoms with E-state index in [1.54, 1.807) is 0 Å². The van der Waals surface area contributed by atoms with Crippen LogP contribution in [0.25, 0.3) is 0 Å². The smallest absolute Gasteiger partial charge is 0.0778 e. The van der Waals surface area contributed by atoms with Crippen LogP contribution in [0.1, 0.15) is 30.6 Å². The zero-order valence-corrected chi connectivity index (χ0v) is 12.5. The van der Waals surface area contributed by atoms with Crippen molar-refractivity contribution in [3.8, 4) is 0 Å². The van der Waals surface area contributed by atoms with Crippen LogP contribution in [0.2, 0.25) is 0 Å². The van der Waals surface area contributed by atoms with E-state index in [0.717, 1.165) is 18.8 Å². The number of nitrogens with two attached hydrogens (primary N) is 1. The minimum atomic E-state index is 0.221. The third-order valence-electron chi connectivity index (χ3n) is 4.46. The molecule has 21 heavy (non-hydrogen) atoms. The molecule has 1 fully saturated rings. The molecule has 3 rings (SSSR count). The topological polar surface area (TPSA) is 42.1 Å². The minimum absolute atomic E-state index is 0.221. The molecule has 1 aliphatic rings. The first-order valence-corrected chi connectivity index (χ1v) is 7.71. The van der Waals surface area contributed by atoms with E-state index in [1.807, 2.05) is 12.3 Å². The zero-order valence-electron chi connectivity index (χ0n) is 12.5. The second-order valence-corrected chi connectivity index (χ2v) is 5.95. The average molecular weight is 281 g/mol. The Labute approximate surface area is 126 Å². The molecule has 3 atom stereocenters. The molecule has 0 saturated carbocycles. The molecule has 1 saturated heterocycles. The van der Waals surface area contributed by atoms with Crippen LogP contribution in [0.15, 0.2) is 54.7 Å². The van der Waals surface area contributed by atoms with Crippen molar-refractivity contribution in [1.82, 2.24) is 9.88 Å². The lowest BCUT2D eigenvalue weighted by Crippen LogP contribution is -2.33. The molecule has 0 aliphatic carbocycles. The van der Waals surface area contributed by atoms with Crippen molar-refractivity contribution in [2.75, 3.05) is 13.1 Å². The van der Waals surface area contributed by atoms with E-state index in [2.05, 4.69) is 59.3 Å². The Balaban J connectivity index is 1.97. The highest BCUT2D eigenvalue weighted by Gasteiger charge is 2.35. The summed E-state index contributed by atoms with van der Waals surface area (Å²) in [6.45, 7) is 4.12. The van der Waals surface area contributed by atoms with Crippen LogP contribution in [-0.2, 0) is 0 Å². The van der Waals surface area contributed by atoms with Crippen molar-refractivity contribution in [2.45, 2.75) is 25.4 Å². The Morgan fingerprint density at radius 2 is 1.95 bits per heavy atom. The fourth-order valence-corrected chi connectivity index (χ4v) is 3.41. The number of rotatable bonds is 4. The molecule has 3 unspecified atom stereocenters. The van der Waals surface area contributed by atoms with Crippen molar-refractivity contribution >= 4 is 0 Å². The van der Waals surface area contributed by atoms with E-state index in [0.29, 0.717) is 12.0 Å². The van der Waals surface area contributed by atoms with Gasteiger partial charge in [0.25, 0.3) is 0 Å². The average Bonchev–Trinajstić information content (AvgIpc) is 2.91. The Morgan fingerprint density at radius 3 is 2.57 bits per heavy atom. The van der Waals surface area contributed by atoms with Gasteiger partial charge in [-0.3, -0.25) is 9.88 Å². The first-order chi connectivity index (χ1) is 10.3. The monoisotopic (exact) mass is 281 g/mol. The number of pyridine rings is 1. The highest BCUT2D eigenvalue weighted by Crippen LogP contribution is 2.35. The van der Waals surface area contributed by atoms with Gasteiger partial charge in [-0.05, 0) is 43.5 Å². The van der Waals surface area contributed by atoms with Crippen molar-refractivity contribution in [3.05, 3.63) is 66.0 Å². The normalized spacial score (nSPS) is 24.1. The van der Waals surface area contributed by atoms with E-state index < -0.39 is 0 Å². The van der Waals surface area contributed by atoms with Crippen LogP contribution in [0, 0.1) is 5.92 Å². The van der Waals surface area contributed by atoms with Gasteiger partial charge in [0, 0.05) is 18.8 Å². The first-order valence-electron chi connectivity index (χ1n) is 7.71.